The Labute approximate surface area is 95.8 Å². The molecule has 0 unspecified atom stereocenters. The third kappa shape index (κ3) is 1.91. The first-order chi connectivity index (χ1) is 7.61. The predicted octanol–water partition coefficient (Wildman–Crippen LogP) is 0.411. The Morgan fingerprint density at radius 1 is 1.25 bits per heavy atom. The van der Waals surface area contributed by atoms with E-state index in [9.17, 15) is 9.59 Å². The number of rotatable bonds is 2. The van der Waals surface area contributed by atoms with E-state index in [0.717, 1.165) is 25.9 Å². The molecule has 16 heavy (non-hydrogen) atoms. The molecule has 2 fully saturated rings. The topological polar surface area (TPSA) is 52.7 Å². The second kappa shape index (κ2) is 4.41. The number of imide groups is 1. The molecule has 3 amide bonds. The summed E-state index contributed by atoms with van der Waals surface area (Å²) in [7, 11) is 0. The van der Waals surface area contributed by atoms with Gasteiger partial charge in [0.15, 0.2) is 0 Å². The molecule has 0 aromatic heterocycles. The van der Waals surface area contributed by atoms with Gasteiger partial charge in [-0.2, -0.15) is 0 Å². The van der Waals surface area contributed by atoms with Gasteiger partial charge in [-0.25, -0.2) is 4.79 Å². The summed E-state index contributed by atoms with van der Waals surface area (Å²) < 4.78 is 0. The van der Waals surface area contributed by atoms with Crippen LogP contribution in [0.1, 0.15) is 26.7 Å². The first-order valence-electron chi connectivity index (χ1n) is 5.94. The number of nitrogens with one attached hydrogen (secondary N) is 1. The summed E-state index contributed by atoms with van der Waals surface area (Å²) in [4.78, 5) is 27.0. The van der Waals surface area contributed by atoms with Gasteiger partial charge in [-0.15, -0.1) is 0 Å². The van der Waals surface area contributed by atoms with Crippen LogP contribution in [-0.4, -0.2) is 53.5 Å². The lowest BCUT2D eigenvalue weighted by atomic mass is 10.1. The van der Waals surface area contributed by atoms with Crippen LogP contribution in [0.25, 0.3) is 0 Å². The first kappa shape index (κ1) is 11.4. The summed E-state index contributed by atoms with van der Waals surface area (Å²) in [5, 5.41) is 3.24. The van der Waals surface area contributed by atoms with E-state index in [1.54, 1.807) is 4.90 Å². The van der Waals surface area contributed by atoms with Crippen molar-refractivity contribution in [3.8, 4) is 0 Å². The van der Waals surface area contributed by atoms with Crippen molar-refractivity contribution in [1.29, 1.82) is 0 Å². The number of nitrogens with zero attached hydrogens (tertiary/aromatic N) is 2. The van der Waals surface area contributed by atoms with Crippen molar-refractivity contribution >= 4 is 11.9 Å². The molecule has 5 nitrogen and oxygen atoms in total. The van der Waals surface area contributed by atoms with Crippen LogP contribution in [0, 0.1) is 0 Å². The predicted molar refractivity (Wildman–Crippen MR) is 60.0 cm³/mol. The summed E-state index contributed by atoms with van der Waals surface area (Å²) in [5.41, 5.74) is 0. The first-order valence-corrected chi connectivity index (χ1v) is 5.94. The number of hydrogen-bond donors (Lipinski definition) is 1. The van der Waals surface area contributed by atoms with Gasteiger partial charge in [0, 0.05) is 12.1 Å². The summed E-state index contributed by atoms with van der Waals surface area (Å²) in [6.07, 6.45) is 1.76. The molecule has 0 aliphatic carbocycles. The van der Waals surface area contributed by atoms with E-state index < -0.39 is 0 Å². The Morgan fingerprint density at radius 3 is 2.38 bits per heavy atom. The van der Waals surface area contributed by atoms with Crippen LogP contribution in [-0.2, 0) is 4.79 Å². The Balaban J connectivity index is 2.09. The molecule has 2 rings (SSSR count). The number of piperidine rings is 1. The van der Waals surface area contributed by atoms with E-state index in [1.807, 2.05) is 13.8 Å². The molecule has 2 saturated heterocycles. The Morgan fingerprint density at radius 2 is 1.88 bits per heavy atom. The minimum atomic E-state index is -0.105. The molecule has 0 aromatic rings. The van der Waals surface area contributed by atoms with Gasteiger partial charge < -0.3 is 10.2 Å². The second-order valence-corrected chi connectivity index (χ2v) is 4.75. The van der Waals surface area contributed by atoms with E-state index in [2.05, 4.69) is 5.32 Å². The molecule has 0 bridgehead atoms. The van der Waals surface area contributed by atoms with Crippen LogP contribution < -0.4 is 5.32 Å². The fourth-order valence-corrected chi connectivity index (χ4v) is 2.36. The highest BCUT2D eigenvalue weighted by atomic mass is 16.2. The van der Waals surface area contributed by atoms with Crippen molar-refractivity contribution < 1.29 is 9.59 Å². The maximum atomic E-state index is 12.1. The fraction of sp³-hybridized carbons (Fsp3) is 0.818. The molecule has 1 N–H and O–H groups in total. The molecule has 0 radical (unpaired) electrons. The number of carbonyl (C=O) groups is 2. The molecular weight excluding hydrogens is 206 g/mol. The minimum absolute atomic E-state index is 0.0365. The maximum absolute atomic E-state index is 12.1. The highest BCUT2D eigenvalue weighted by Crippen LogP contribution is 2.21. The van der Waals surface area contributed by atoms with Crippen molar-refractivity contribution in [2.75, 3.05) is 19.6 Å². The highest BCUT2D eigenvalue weighted by molar-refractivity contribution is 6.02. The molecule has 0 atom stereocenters. The number of amides is 3. The lowest BCUT2D eigenvalue weighted by molar-refractivity contribution is -0.127. The quantitative estimate of drug-likeness (QED) is 0.693. The van der Waals surface area contributed by atoms with Crippen molar-refractivity contribution in [2.24, 2.45) is 0 Å². The molecule has 2 aliphatic rings. The standard InChI is InChI=1S/C11H19N3O2/c1-8(2)13-7-10(15)14(11(13)16)9-3-5-12-6-4-9/h8-9,12H,3-7H2,1-2H3. The van der Waals surface area contributed by atoms with Crippen LogP contribution in [0.3, 0.4) is 0 Å². The van der Waals surface area contributed by atoms with Crippen LogP contribution in [0.4, 0.5) is 4.79 Å². The average molecular weight is 225 g/mol. The Hall–Kier alpha value is -1.10. The summed E-state index contributed by atoms with van der Waals surface area (Å²) in [6, 6.07) is 0.0973. The van der Waals surface area contributed by atoms with Gasteiger partial charge in [0.05, 0.1) is 0 Å². The van der Waals surface area contributed by atoms with Crippen molar-refractivity contribution in [1.82, 2.24) is 15.1 Å². The molecule has 5 heteroatoms. The zero-order valence-corrected chi connectivity index (χ0v) is 9.90. The molecule has 2 aliphatic heterocycles. The van der Waals surface area contributed by atoms with Gasteiger partial charge >= 0.3 is 6.03 Å². The van der Waals surface area contributed by atoms with Crippen LogP contribution >= 0.6 is 0 Å². The Bertz CT molecular complexity index is 298. The fourth-order valence-electron chi connectivity index (χ4n) is 2.36. The maximum Gasteiger partial charge on any atom is 0.327 e. The number of urea groups is 1. The van der Waals surface area contributed by atoms with Gasteiger partial charge in [-0.3, -0.25) is 9.69 Å². The molecule has 0 spiro atoms. The lowest BCUT2D eigenvalue weighted by Crippen LogP contribution is -2.47. The van der Waals surface area contributed by atoms with Gasteiger partial charge in [-0.05, 0) is 39.8 Å². The lowest BCUT2D eigenvalue weighted by Gasteiger charge is -2.30. The second-order valence-electron chi connectivity index (χ2n) is 4.75. The normalized spacial score (nSPS) is 23.7. The van der Waals surface area contributed by atoms with E-state index in [1.165, 1.54) is 4.90 Å². The summed E-state index contributed by atoms with van der Waals surface area (Å²) in [6.45, 7) is 5.92. The monoisotopic (exact) mass is 225 g/mol. The average Bonchev–Trinajstić information content (AvgIpc) is 2.56. The molecule has 0 saturated carbocycles. The van der Waals surface area contributed by atoms with Gasteiger partial charge in [0.25, 0.3) is 5.91 Å². The molecule has 90 valence electrons. The number of hydrogen-bond acceptors (Lipinski definition) is 3. The Kier molecular flexibility index (Phi) is 3.14. The van der Waals surface area contributed by atoms with Crippen molar-refractivity contribution in [2.45, 2.75) is 38.8 Å². The van der Waals surface area contributed by atoms with Gasteiger partial charge in [-0.1, -0.05) is 0 Å². The minimum Gasteiger partial charge on any atom is -0.317 e. The molecule has 0 aromatic carbocycles. The van der Waals surface area contributed by atoms with E-state index >= 15 is 0 Å². The van der Waals surface area contributed by atoms with E-state index in [4.69, 9.17) is 0 Å². The van der Waals surface area contributed by atoms with Gasteiger partial charge in [0.2, 0.25) is 0 Å². The summed E-state index contributed by atoms with van der Waals surface area (Å²) in [5.74, 6) is -0.0365. The smallest absolute Gasteiger partial charge is 0.317 e. The number of carbonyl (C=O) groups excluding carboxylic acids is 2. The van der Waals surface area contributed by atoms with Crippen LogP contribution in [0.15, 0.2) is 0 Å². The third-order valence-corrected chi connectivity index (χ3v) is 3.32. The summed E-state index contributed by atoms with van der Waals surface area (Å²) >= 11 is 0. The third-order valence-electron chi connectivity index (χ3n) is 3.32. The van der Waals surface area contributed by atoms with E-state index in [0.29, 0.717) is 0 Å². The zero-order chi connectivity index (χ0) is 11.7. The highest BCUT2D eigenvalue weighted by Gasteiger charge is 2.41. The zero-order valence-electron chi connectivity index (χ0n) is 9.90. The van der Waals surface area contributed by atoms with E-state index in [-0.39, 0.29) is 30.6 Å². The van der Waals surface area contributed by atoms with Crippen LogP contribution in [0.2, 0.25) is 0 Å². The molecular formula is C11H19N3O2. The largest absolute Gasteiger partial charge is 0.327 e. The molecule has 2 heterocycles. The van der Waals surface area contributed by atoms with Gasteiger partial charge in [0.1, 0.15) is 6.54 Å². The van der Waals surface area contributed by atoms with Crippen molar-refractivity contribution in [3.63, 3.8) is 0 Å². The van der Waals surface area contributed by atoms with Crippen LogP contribution in [0.5, 0.6) is 0 Å². The van der Waals surface area contributed by atoms with Crippen molar-refractivity contribution in [3.05, 3.63) is 0 Å². The SMILES string of the molecule is CC(C)N1CC(=O)N(C2CCNCC2)C1=O.